The Morgan fingerprint density at radius 3 is 2.73 bits per heavy atom. The lowest BCUT2D eigenvalue weighted by Gasteiger charge is -2.24. The van der Waals surface area contributed by atoms with E-state index < -0.39 is 24.8 Å². The van der Waals surface area contributed by atoms with Gasteiger partial charge in [-0.15, -0.1) is 16.5 Å². The third-order valence-electron chi connectivity index (χ3n) is 1.95. The quantitative estimate of drug-likeness (QED) is 0.463. The van der Waals surface area contributed by atoms with Crippen molar-refractivity contribution in [2.45, 2.75) is 38.1 Å². The number of amides is 2. The van der Waals surface area contributed by atoms with Gasteiger partial charge in [0.2, 0.25) is 0 Å². The van der Waals surface area contributed by atoms with Crippen LogP contribution in [0.5, 0.6) is 0 Å². The molecule has 1 saturated carbocycles. The molecule has 5 nitrogen and oxygen atoms in total. The van der Waals surface area contributed by atoms with Crippen LogP contribution in [0.4, 0.5) is 4.79 Å². The Kier molecular flexibility index (Phi) is 3.28. The van der Waals surface area contributed by atoms with Crippen molar-refractivity contribution in [1.82, 2.24) is 10.3 Å². The minimum absolute atomic E-state index is 0.00358. The van der Waals surface area contributed by atoms with E-state index in [1.54, 1.807) is 0 Å². The molecule has 0 spiro atoms. The first kappa shape index (κ1) is 7.44. The molecule has 1 fully saturated rings. The molecule has 15 heavy (non-hydrogen) atoms. The van der Waals surface area contributed by atoms with E-state index in [1.807, 2.05) is 0 Å². The van der Waals surface area contributed by atoms with Crippen molar-refractivity contribution < 1.29 is 10.3 Å². The number of carbonyl (C=O) groups is 1. The van der Waals surface area contributed by atoms with E-state index in [0.717, 1.165) is 0 Å². The number of nitroso groups, excluding NO2 is 1. The summed E-state index contributed by atoms with van der Waals surface area (Å²) in [6, 6.07) is -2.25. The molecule has 1 rings (SSSR count). The molecule has 0 aliphatic heterocycles. The first-order valence-corrected chi connectivity index (χ1v) is 5.25. The monoisotopic (exact) mass is 237 g/mol. The predicted molar refractivity (Wildman–Crippen MR) is 58.6 cm³/mol. The predicted octanol–water partition coefficient (Wildman–Crippen LogP) is 2.25. The van der Waals surface area contributed by atoms with E-state index in [0.29, 0.717) is 11.4 Å². The van der Waals surface area contributed by atoms with Crippen molar-refractivity contribution in [3.63, 3.8) is 0 Å². The average Bonchev–Trinajstić information content (AvgIpc) is 2.30. The number of alkyl halides is 1. The molecule has 6 heteroatoms. The standard InChI is InChI=1S/C9H16ClN3O2/c10-6-7-13(12-15)9(14)11-8-4-2-1-3-5-8/h8H,1-7H2,(H,11,14)/i4D2,5D2. The van der Waals surface area contributed by atoms with E-state index >= 15 is 0 Å². The van der Waals surface area contributed by atoms with Crippen LogP contribution in [0.15, 0.2) is 5.29 Å². The molecule has 0 saturated heterocycles. The Morgan fingerprint density at radius 2 is 2.20 bits per heavy atom. The van der Waals surface area contributed by atoms with Crippen molar-refractivity contribution in [2.75, 3.05) is 12.4 Å². The Morgan fingerprint density at radius 1 is 1.53 bits per heavy atom. The fourth-order valence-corrected chi connectivity index (χ4v) is 1.37. The van der Waals surface area contributed by atoms with E-state index in [1.165, 1.54) is 0 Å². The number of nitrogens with zero attached hydrogens (tertiary/aromatic N) is 2. The fraction of sp³-hybridized carbons (Fsp3) is 0.889. The second kappa shape index (κ2) is 6.61. The first-order chi connectivity index (χ1) is 8.74. The highest BCUT2D eigenvalue weighted by Gasteiger charge is 2.19. The van der Waals surface area contributed by atoms with Gasteiger partial charge in [0.1, 0.15) is 0 Å². The highest BCUT2D eigenvalue weighted by atomic mass is 35.5. The van der Waals surface area contributed by atoms with Crippen molar-refractivity contribution in [3.8, 4) is 0 Å². The smallest absolute Gasteiger partial charge is 0.334 e. The summed E-state index contributed by atoms with van der Waals surface area (Å²) in [6.07, 6.45) is -3.02. The van der Waals surface area contributed by atoms with Crippen LogP contribution in [0.25, 0.3) is 0 Å². The summed E-state index contributed by atoms with van der Waals surface area (Å²) in [5.74, 6) is 0.00358. The van der Waals surface area contributed by atoms with Crippen LogP contribution >= 0.6 is 11.6 Å². The Hall–Kier alpha value is -0.840. The van der Waals surface area contributed by atoms with E-state index in [2.05, 4.69) is 10.6 Å². The highest BCUT2D eigenvalue weighted by molar-refractivity contribution is 6.18. The van der Waals surface area contributed by atoms with Crippen molar-refractivity contribution in [1.29, 1.82) is 0 Å². The van der Waals surface area contributed by atoms with Crippen LogP contribution in [0, 0.1) is 4.91 Å². The van der Waals surface area contributed by atoms with Crippen LogP contribution in [0.1, 0.15) is 37.5 Å². The zero-order valence-corrected chi connectivity index (χ0v) is 8.96. The van der Waals surface area contributed by atoms with E-state index in [9.17, 15) is 9.70 Å². The van der Waals surface area contributed by atoms with Gasteiger partial charge in [0.05, 0.1) is 11.8 Å². The van der Waals surface area contributed by atoms with Gasteiger partial charge in [-0.3, -0.25) is 0 Å². The number of nitrogens with one attached hydrogen (secondary N) is 1. The van der Waals surface area contributed by atoms with Crippen LogP contribution < -0.4 is 5.32 Å². The second-order valence-corrected chi connectivity index (χ2v) is 3.42. The molecule has 0 aromatic heterocycles. The maximum absolute atomic E-state index is 11.7. The molecule has 0 atom stereocenters. The number of urea groups is 1. The molecular formula is C9H16ClN3O2. The Bertz CT molecular complexity index is 340. The topological polar surface area (TPSA) is 61.8 Å². The summed E-state index contributed by atoms with van der Waals surface area (Å²) in [6.45, 7) is -0.115. The Labute approximate surface area is 99.7 Å². The summed E-state index contributed by atoms with van der Waals surface area (Å²) in [4.78, 5) is 22.2. The lowest BCUT2D eigenvalue weighted by molar-refractivity contribution is 0.194. The summed E-state index contributed by atoms with van der Waals surface area (Å²) >= 11 is 5.41. The van der Waals surface area contributed by atoms with Gasteiger partial charge in [-0.25, -0.2) is 4.79 Å². The maximum Gasteiger partial charge on any atom is 0.340 e. The molecule has 2 amide bonds. The van der Waals surface area contributed by atoms with Crippen molar-refractivity contribution >= 4 is 17.6 Å². The van der Waals surface area contributed by atoms with Crippen molar-refractivity contribution in [2.24, 2.45) is 5.29 Å². The van der Waals surface area contributed by atoms with Gasteiger partial charge in [0, 0.05) is 17.4 Å². The third-order valence-corrected chi connectivity index (χ3v) is 2.12. The third kappa shape index (κ3) is 4.03. The Balaban J connectivity index is 2.81. The van der Waals surface area contributed by atoms with Crippen LogP contribution in [0.2, 0.25) is 0 Å². The molecule has 0 unspecified atom stereocenters. The molecule has 1 aliphatic carbocycles. The number of hydrogen-bond acceptors (Lipinski definition) is 3. The van der Waals surface area contributed by atoms with E-state index in [4.69, 9.17) is 17.1 Å². The van der Waals surface area contributed by atoms with Gasteiger partial charge >= 0.3 is 6.03 Å². The average molecular weight is 238 g/mol. The number of hydrogen-bond donors (Lipinski definition) is 1. The fourth-order valence-electron chi connectivity index (χ4n) is 1.21. The van der Waals surface area contributed by atoms with Gasteiger partial charge in [-0.1, -0.05) is 19.3 Å². The zero-order chi connectivity index (χ0) is 14.7. The number of rotatable bonds is 4. The summed E-state index contributed by atoms with van der Waals surface area (Å²) in [7, 11) is 0. The lowest BCUT2D eigenvalue weighted by atomic mass is 9.96. The molecule has 1 aliphatic rings. The van der Waals surface area contributed by atoms with Gasteiger partial charge in [0.15, 0.2) is 0 Å². The highest BCUT2D eigenvalue weighted by Crippen LogP contribution is 2.17. The minimum Gasteiger partial charge on any atom is -0.334 e. The van der Waals surface area contributed by atoms with Gasteiger partial charge in [-0.2, -0.15) is 5.01 Å². The summed E-state index contributed by atoms with van der Waals surface area (Å²) in [5, 5.41) is 5.22. The SMILES string of the molecule is [2H]C1([2H])CCCC([2H])([2H])C1NC(=O)N(CCCl)N=O. The largest absolute Gasteiger partial charge is 0.340 e. The van der Waals surface area contributed by atoms with E-state index in [-0.39, 0.29) is 25.3 Å². The van der Waals surface area contributed by atoms with Gasteiger partial charge < -0.3 is 5.32 Å². The van der Waals surface area contributed by atoms with Crippen LogP contribution in [-0.2, 0) is 0 Å². The molecule has 1 N–H and O–H groups in total. The first-order valence-electron chi connectivity index (χ1n) is 6.72. The lowest BCUT2D eigenvalue weighted by Crippen LogP contribution is -2.43. The molecule has 86 valence electrons. The molecule has 0 aromatic carbocycles. The normalized spacial score (nSPS) is 27.8. The second-order valence-electron chi connectivity index (χ2n) is 3.04. The maximum atomic E-state index is 11.7. The van der Waals surface area contributed by atoms with Crippen LogP contribution in [0.3, 0.4) is 0 Å². The summed E-state index contributed by atoms with van der Waals surface area (Å²) < 4.78 is 31.2. The summed E-state index contributed by atoms with van der Waals surface area (Å²) in [5.41, 5.74) is 0. The molecule has 0 heterocycles. The molecular weight excluding hydrogens is 218 g/mol. The molecule has 0 radical (unpaired) electrons. The molecule has 0 aromatic rings. The minimum atomic E-state index is -1.87. The zero-order valence-electron chi connectivity index (χ0n) is 12.2. The molecule has 0 bridgehead atoms. The van der Waals surface area contributed by atoms with Gasteiger partial charge in [0.25, 0.3) is 0 Å². The van der Waals surface area contributed by atoms with Crippen molar-refractivity contribution in [3.05, 3.63) is 4.91 Å². The number of carbonyl (C=O) groups excluding carboxylic acids is 1. The number of halogens is 1. The van der Waals surface area contributed by atoms with Gasteiger partial charge in [-0.05, 0) is 12.7 Å². The van der Waals surface area contributed by atoms with Crippen LogP contribution in [-0.4, -0.2) is 29.5 Å².